The van der Waals surface area contributed by atoms with Crippen LogP contribution in [-0.2, 0) is 0 Å². The van der Waals surface area contributed by atoms with Crippen LogP contribution in [0.15, 0.2) is 54.6 Å². The van der Waals surface area contributed by atoms with E-state index in [-0.39, 0.29) is 5.69 Å². The molecule has 5 nitrogen and oxygen atoms in total. The summed E-state index contributed by atoms with van der Waals surface area (Å²) < 4.78 is 27.3. The summed E-state index contributed by atoms with van der Waals surface area (Å²) in [5.41, 5.74) is 1.05. The molecule has 7 heteroatoms. The summed E-state index contributed by atoms with van der Waals surface area (Å²) in [5, 5.41) is 2.97. The fourth-order valence-corrected chi connectivity index (χ4v) is 3.14. The maximum Gasteiger partial charge on any atom is 0.163 e. The first-order chi connectivity index (χ1) is 13.6. The third-order valence-electron chi connectivity index (χ3n) is 4.77. The molecular formula is C21H21F2N5. The molecule has 1 aliphatic rings. The van der Waals surface area contributed by atoms with E-state index >= 15 is 0 Å². The van der Waals surface area contributed by atoms with Crippen LogP contribution in [-0.4, -0.2) is 48.1 Å². The Morgan fingerprint density at radius 3 is 2.36 bits per heavy atom. The van der Waals surface area contributed by atoms with Crippen molar-refractivity contribution in [3.8, 4) is 11.4 Å². The number of aromatic nitrogens is 2. The van der Waals surface area contributed by atoms with E-state index in [0.29, 0.717) is 11.6 Å². The summed E-state index contributed by atoms with van der Waals surface area (Å²) in [6.45, 7) is 3.60. The van der Waals surface area contributed by atoms with Gasteiger partial charge in [-0.2, -0.15) is 0 Å². The fraction of sp³-hybridized carbons (Fsp3) is 0.238. The summed E-state index contributed by atoms with van der Waals surface area (Å²) >= 11 is 0. The van der Waals surface area contributed by atoms with Gasteiger partial charge >= 0.3 is 0 Å². The van der Waals surface area contributed by atoms with E-state index in [2.05, 4.69) is 27.1 Å². The van der Waals surface area contributed by atoms with Crippen LogP contribution in [0, 0.1) is 11.6 Å². The van der Waals surface area contributed by atoms with Crippen molar-refractivity contribution in [2.45, 2.75) is 0 Å². The smallest absolute Gasteiger partial charge is 0.163 e. The highest BCUT2D eigenvalue weighted by Gasteiger charge is 2.18. The zero-order chi connectivity index (χ0) is 19.5. The first-order valence-corrected chi connectivity index (χ1v) is 9.18. The van der Waals surface area contributed by atoms with Gasteiger partial charge in [-0.1, -0.05) is 30.3 Å². The summed E-state index contributed by atoms with van der Waals surface area (Å²) in [6, 6.07) is 14.9. The lowest BCUT2D eigenvalue weighted by Gasteiger charge is -2.33. The highest BCUT2D eigenvalue weighted by atomic mass is 19.1. The molecule has 0 amide bonds. The average molecular weight is 381 g/mol. The number of anilines is 3. The van der Waals surface area contributed by atoms with Crippen LogP contribution in [0.2, 0.25) is 0 Å². The second kappa shape index (κ2) is 7.90. The van der Waals surface area contributed by atoms with Crippen molar-refractivity contribution in [1.29, 1.82) is 0 Å². The predicted molar refractivity (Wildman–Crippen MR) is 107 cm³/mol. The minimum absolute atomic E-state index is 0.170. The Hall–Kier alpha value is -3.06. The quantitative estimate of drug-likeness (QED) is 0.742. The number of nitrogens with zero attached hydrogens (tertiary/aromatic N) is 4. The maximum absolute atomic E-state index is 14.1. The van der Waals surface area contributed by atoms with Gasteiger partial charge in [-0.3, -0.25) is 0 Å². The average Bonchev–Trinajstić information content (AvgIpc) is 2.71. The van der Waals surface area contributed by atoms with E-state index in [9.17, 15) is 8.78 Å². The minimum atomic E-state index is -0.666. The van der Waals surface area contributed by atoms with Crippen molar-refractivity contribution in [2.75, 3.05) is 43.4 Å². The van der Waals surface area contributed by atoms with Crippen molar-refractivity contribution in [3.05, 3.63) is 66.2 Å². The zero-order valence-corrected chi connectivity index (χ0v) is 15.6. The van der Waals surface area contributed by atoms with Crippen molar-refractivity contribution in [2.24, 2.45) is 0 Å². The monoisotopic (exact) mass is 381 g/mol. The van der Waals surface area contributed by atoms with E-state index in [1.807, 2.05) is 30.3 Å². The lowest BCUT2D eigenvalue weighted by atomic mass is 10.2. The van der Waals surface area contributed by atoms with Gasteiger partial charge in [-0.25, -0.2) is 18.7 Å². The zero-order valence-electron chi connectivity index (χ0n) is 15.6. The second-order valence-corrected chi connectivity index (χ2v) is 6.84. The Bertz CT molecular complexity index is 956. The lowest BCUT2D eigenvalue weighted by molar-refractivity contribution is 0.312. The molecule has 0 unspecified atom stereocenters. The number of benzene rings is 2. The number of likely N-dealkylation sites (N-methyl/N-ethyl adjacent to an activating group) is 1. The van der Waals surface area contributed by atoms with E-state index in [0.717, 1.165) is 43.6 Å². The van der Waals surface area contributed by atoms with Gasteiger partial charge in [0.15, 0.2) is 5.82 Å². The van der Waals surface area contributed by atoms with Crippen LogP contribution in [0.4, 0.5) is 26.1 Å². The van der Waals surface area contributed by atoms with Crippen molar-refractivity contribution in [1.82, 2.24) is 14.9 Å². The highest BCUT2D eigenvalue weighted by Crippen LogP contribution is 2.26. The molecule has 0 atom stereocenters. The molecule has 1 saturated heterocycles. The Kier molecular flexibility index (Phi) is 5.16. The third kappa shape index (κ3) is 4.09. The molecule has 144 valence electrons. The van der Waals surface area contributed by atoms with Gasteiger partial charge in [-0.05, 0) is 19.2 Å². The fourth-order valence-electron chi connectivity index (χ4n) is 3.14. The van der Waals surface area contributed by atoms with Gasteiger partial charge in [0.25, 0.3) is 0 Å². The Morgan fingerprint density at radius 2 is 1.64 bits per heavy atom. The molecule has 0 radical (unpaired) electrons. The molecule has 1 aliphatic heterocycles. The molecule has 28 heavy (non-hydrogen) atoms. The highest BCUT2D eigenvalue weighted by molar-refractivity contribution is 5.65. The minimum Gasteiger partial charge on any atom is -0.354 e. The van der Waals surface area contributed by atoms with Crippen LogP contribution in [0.3, 0.4) is 0 Å². The maximum atomic E-state index is 14.1. The van der Waals surface area contributed by atoms with Crippen LogP contribution in [0.1, 0.15) is 0 Å². The molecule has 2 aromatic carbocycles. The number of hydrogen-bond donors (Lipinski definition) is 1. The molecule has 1 aromatic heterocycles. The first-order valence-electron chi connectivity index (χ1n) is 9.18. The molecule has 0 aliphatic carbocycles. The predicted octanol–water partition coefficient (Wildman–Crippen LogP) is 3.92. The van der Waals surface area contributed by atoms with Crippen molar-refractivity contribution in [3.63, 3.8) is 0 Å². The van der Waals surface area contributed by atoms with Gasteiger partial charge in [0.2, 0.25) is 0 Å². The normalized spacial score (nSPS) is 14.9. The number of piperazine rings is 1. The summed E-state index contributed by atoms with van der Waals surface area (Å²) in [7, 11) is 2.09. The Morgan fingerprint density at radius 1 is 0.893 bits per heavy atom. The molecule has 4 rings (SSSR count). The Balaban J connectivity index is 1.71. The number of rotatable bonds is 4. The van der Waals surface area contributed by atoms with Crippen LogP contribution < -0.4 is 10.2 Å². The van der Waals surface area contributed by atoms with E-state index in [1.165, 1.54) is 12.1 Å². The summed E-state index contributed by atoms with van der Waals surface area (Å²) in [6.07, 6.45) is 0. The van der Waals surface area contributed by atoms with Crippen molar-refractivity contribution >= 4 is 17.3 Å². The van der Waals surface area contributed by atoms with Gasteiger partial charge in [0.05, 0.1) is 5.69 Å². The molecule has 1 N–H and O–H groups in total. The molecule has 3 aromatic rings. The van der Waals surface area contributed by atoms with E-state index in [4.69, 9.17) is 4.98 Å². The standard InChI is InChI=1S/C21H21F2N5/c1-27-9-11-28(12-10-27)20-14-19(24-18-8-7-16(22)13-17(18)23)25-21(26-20)15-5-3-2-4-6-15/h2-8,13-14H,9-12H2,1H3,(H,24,25,26). The van der Waals surface area contributed by atoms with Crippen LogP contribution >= 0.6 is 0 Å². The largest absolute Gasteiger partial charge is 0.354 e. The summed E-state index contributed by atoms with van der Waals surface area (Å²) in [4.78, 5) is 13.7. The lowest BCUT2D eigenvalue weighted by Crippen LogP contribution is -2.44. The van der Waals surface area contributed by atoms with Crippen molar-refractivity contribution < 1.29 is 8.78 Å². The van der Waals surface area contributed by atoms with Gasteiger partial charge in [0.1, 0.15) is 23.3 Å². The first kappa shape index (κ1) is 18.3. The second-order valence-electron chi connectivity index (χ2n) is 6.84. The van der Waals surface area contributed by atoms with Gasteiger partial charge < -0.3 is 15.1 Å². The molecule has 0 bridgehead atoms. The molecule has 0 spiro atoms. The molecule has 2 heterocycles. The third-order valence-corrected chi connectivity index (χ3v) is 4.77. The van der Waals surface area contributed by atoms with Gasteiger partial charge in [-0.15, -0.1) is 0 Å². The number of nitrogens with one attached hydrogen (secondary N) is 1. The number of hydrogen-bond acceptors (Lipinski definition) is 5. The Labute approximate surface area is 162 Å². The SMILES string of the molecule is CN1CCN(c2cc(Nc3ccc(F)cc3F)nc(-c3ccccc3)n2)CC1. The molecular weight excluding hydrogens is 360 g/mol. The topological polar surface area (TPSA) is 44.3 Å². The van der Waals surface area contributed by atoms with E-state index < -0.39 is 11.6 Å². The van der Waals surface area contributed by atoms with Crippen LogP contribution in [0.5, 0.6) is 0 Å². The molecule has 0 saturated carbocycles. The van der Waals surface area contributed by atoms with Crippen LogP contribution in [0.25, 0.3) is 11.4 Å². The summed E-state index contributed by atoms with van der Waals surface area (Å²) in [5.74, 6) is 0.525. The van der Waals surface area contributed by atoms with E-state index in [1.54, 1.807) is 6.07 Å². The van der Waals surface area contributed by atoms with Gasteiger partial charge in [0, 0.05) is 43.9 Å². The number of halogens is 2. The molecule has 1 fully saturated rings.